The van der Waals surface area contributed by atoms with Crippen LogP contribution in [0.3, 0.4) is 0 Å². The molecule has 0 fully saturated rings. The molecule has 2 rings (SSSR count). The fourth-order valence-corrected chi connectivity index (χ4v) is 2.47. The summed E-state index contributed by atoms with van der Waals surface area (Å²) in [4.78, 5) is 25.9. The highest BCUT2D eigenvalue weighted by Gasteiger charge is 2.20. The lowest BCUT2D eigenvalue weighted by atomic mass is 10.2. The molecule has 25 heavy (non-hydrogen) atoms. The molecule has 5 heteroatoms. The summed E-state index contributed by atoms with van der Waals surface area (Å²) in [5.41, 5.74) is 2.35. The second-order valence-corrected chi connectivity index (χ2v) is 6.16. The lowest BCUT2D eigenvalue weighted by molar-refractivity contribution is -0.120. The van der Waals surface area contributed by atoms with Gasteiger partial charge in [-0.2, -0.15) is 0 Å². The van der Waals surface area contributed by atoms with E-state index in [1.807, 2.05) is 57.2 Å². The predicted octanol–water partition coefficient (Wildman–Crippen LogP) is 3.77. The van der Waals surface area contributed by atoms with E-state index in [0.29, 0.717) is 17.1 Å². The third kappa shape index (κ3) is 5.35. The molecular weight excluding hydrogens is 316 g/mol. The molecule has 5 nitrogen and oxygen atoms in total. The van der Waals surface area contributed by atoms with E-state index in [1.54, 1.807) is 12.1 Å². The number of anilines is 2. The molecule has 0 heterocycles. The Morgan fingerprint density at radius 1 is 1.12 bits per heavy atom. The van der Waals surface area contributed by atoms with E-state index in [2.05, 4.69) is 5.32 Å². The number of nitrogens with zero attached hydrogens (tertiary/aromatic N) is 1. The fraction of sp³-hybridized carbons (Fsp3) is 0.300. The number of nitrogens with one attached hydrogen (secondary N) is 1. The van der Waals surface area contributed by atoms with Gasteiger partial charge < -0.3 is 10.1 Å². The summed E-state index contributed by atoms with van der Waals surface area (Å²) in [5, 5.41) is 2.82. The van der Waals surface area contributed by atoms with Crippen LogP contribution in [0.1, 0.15) is 26.3 Å². The third-order valence-corrected chi connectivity index (χ3v) is 3.50. The van der Waals surface area contributed by atoms with Crippen molar-refractivity contribution in [1.29, 1.82) is 0 Å². The number of hydrogen-bond acceptors (Lipinski definition) is 3. The van der Waals surface area contributed by atoms with Crippen molar-refractivity contribution in [2.24, 2.45) is 0 Å². The van der Waals surface area contributed by atoms with Gasteiger partial charge >= 0.3 is 0 Å². The summed E-state index contributed by atoms with van der Waals surface area (Å²) in [6.45, 7) is 7.14. The molecule has 1 N–H and O–H groups in total. The maximum atomic E-state index is 12.4. The van der Waals surface area contributed by atoms with Crippen molar-refractivity contribution in [3.05, 3.63) is 54.1 Å². The van der Waals surface area contributed by atoms with Gasteiger partial charge in [0, 0.05) is 12.6 Å². The van der Waals surface area contributed by atoms with Crippen LogP contribution < -0.4 is 15.0 Å². The number of benzene rings is 2. The number of rotatable bonds is 6. The Balaban J connectivity index is 2.19. The number of carbonyl (C=O) groups is 2. The average molecular weight is 340 g/mol. The maximum absolute atomic E-state index is 12.4. The van der Waals surface area contributed by atoms with Gasteiger partial charge in [-0.05, 0) is 50.6 Å². The van der Waals surface area contributed by atoms with Crippen LogP contribution in [0.5, 0.6) is 5.75 Å². The zero-order chi connectivity index (χ0) is 18.4. The summed E-state index contributed by atoms with van der Waals surface area (Å²) in [5.74, 6) is 0.0930. The van der Waals surface area contributed by atoms with Crippen LogP contribution in [0.2, 0.25) is 0 Å². The summed E-state index contributed by atoms with van der Waals surface area (Å²) in [6, 6.07) is 14.8. The molecule has 0 saturated heterocycles. The molecule has 132 valence electrons. The van der Waals surface area contributed by atoms with Gasteiger partial charge in [0.15, 0.2) is 0 Å². The number of carbonyl (C=O) groups excluding carboxylic acids is 2. The van der Waals surface area contributed by atoms with Gasteiger partial charge in [0.05, 0.1) is 11.8 Å². The standard InChI is InChI=1S/C20H24N2O3/c1-14(2)25-19-11-6-5-10-18(19)22(16(4)23)13-20(24)21-17-9-7-8-15(3)12-17/h5-12,14H,13H2,1-4H3,(H,21,24). The highest BCUT2D eigenvalue weighted by molar-refractivity contribution is 6.02. The van der Waals surface area contributed by atoms with E-state index in [9.17, 15) is 9.59 Å². The van der Waals surface area contributed by atoms with Crippen LogP contribution in [0.15, 0.2) is 48.5 Å². The molecule has 0 bridgehead atoms. The maximum Gasteiger partial charge on any atom is 0.244 e. The van der Waals surface area contributed by atoms with Gasteiger partial charge in [-0.3, -0.25) is 14.5 Å². The van der Waals surface area contributed by atoms with Crippen LogP contribution in [0.4, 0.5) is 11.4 Å². The first-order valence-electron chi connectivity index (χ1n) is 8.27. The normalized spacial score (nSPS) is 10.4. The van der Waals surface area contributed by atoms with E-state index >= 15 is 0 Å². The van der Waals surface area contributed by atoms with Crippen molar-refractivity contribution in [2.45, 2.75) is 33.8 Å². The van der Waals surface area contributed by atoms with Crippen LogP contribution in [0, 0.1) is 6.92 Å². The monoisotopic (exact) mass is 340 g/mol. The second kappa shape index (κ2) is 8.33. The topological polar surface area (TPSA) is 58.6 Å². The minimum atomic E-state index is -0.264. The third-order valence-electron chi connectivity index (χ3n) is 3.50. The van der Waals surface area contributed by atoms with Crippen LogP contribution in [-0.4, -0.2) is 24.5 Å². The van der Waals surface area contributed by atoms with Gasteiger partial charge in [0.25, 0.3) is 0 Å². The highest BCUT2D eigenvalue weighted by Crippen LogP contribution is 2.29. The van der Waals surface area contributed by atoms with E-state index in [0.717, 1.165) is 5.56 Å². The summed E-state index contributed by atoms with van der Waals surface area (Å²) >= 11 is 0. The summed E-state index contributed by atoms with van der Waals surface area (Å²) in [6.07, 6.45) is -0.0314. The van der Waals surface area contributed by atoms with Gasteiger partial charge in [-0.15, -0.1) is 0 Å². The first kappa shape index (κ1) is 18.5. The van der Waals surface area contributed by atoms with E-state index < -0.39 is 0 Å². The Labute approximate surface area is 148 Å². The van der Waals surface area contributed by atoms with Gasteiger partial charge in [0.2, 0.25) is 11.8 Å². The molecule has 0 aliphatic rings. The SMILES string of the molecule is CC(=O)N(CC(=O)Nc1cccc(C)c1)c1ccccc1OC(C)C. The first-order chi connectivity index (χ1) is 11.9. The summed E-state index contributed by atoms with van der Waals surface area (Å²) in [7, 11) is 0. The van der Waals surface area contributed by atoms with E-state index in [-0.39, 0.29) is 24.5 Å². The molecule has 0 aliphatic heterocycles. The van der Waals surface area contributed by atoms with Crippen molar-refractivity contribution in [3.63, 3.8) is 0 Å². The fourth-order valence-electron chi connectivity index (χ4n) is 2.47. The van der Waals surface area contributed by atoms with Crippen molar-refractivity contribution >= 4 is 23.2 Å². The number of ether oxygens (including phenoxy) is 1. The Bertz CT molecular complexity index is 756. The average Bonchev–Trinajstić information content (AvgIpc) is 2.52. The second-order valence-electron chi connectivity index (χ2n) is 6.16. The number of aryl methyl sites for hydroxylation is 1. The van der Waals surface area contributed by atoms with Gasteiger partial charge in [-0.25, -0.2) is 0 Å². The van der Waals surface area contributed by atoms with Crippen LogP contribution in [-0.2, 0) is 9.59 Å². The lowest BCUT2D eigenvalue weighted by Crippen LogP contribution is -2.37. The molecule has 0 spiro atoms. The van der Waals surface area contributed by atoms with Crippen molar-refractivity contribution < 1.29 is 14.3 Å². The lowest BCUT2D eigenvalue weighted by Gasteiger charge is -2.24. The molecular formula is C20H24N2O3. The molecule has 0 aromatic heterocycles. The first-order valence-corrected chi connectivity index (χ1v) is 8.27. The van der Waals surface area contributed by atoms with Crippen molar-refractivity contribution in [1.82, 2.24) is 0 Å². The Morgan fingerprint density at radius 2 is 1.84 bits per heavy atom. The van der Waals surface area contributed by atoms with Gasteiger partial charge in [0.1, 0.15) is 12.3 Å². The minimum absolute atomic E-state index is 0.0314. The minimum Gasteiger partial charge on any atom is -0.489 e. The number of amides is 2. The van der Waals surface area contributed by atoms with Gasteiger partial charge in [-0.1, -0.05) is 24.3 Å². The van der Waals surface area contributed by atoms with E-state index in [1.165, 1.54) is 11.8 Å². The molecule has 0 saturated carbocycles. The number of hydrogen-bond donors (Lipinski definition) is 1. The van der Waals surface area contributed by atoms with E-state index in [4.69, 9.17) is 4.74 Å². The van der Waals surface area contributed by atoms with Crippen LogP contribution >= 0.6 is 0 Å². The Kier molecular flexibility index (Phi) is 6.17. The quantitative estimate of drug-likeness (QED) is 0.871. The van der Waals surface area contributed by atoms with Crippen molar-refractivity contribution in [3.8, 4) is 5.75 Å². The zero-order valence-electron chi connectivity index (χ0n) is 15.1. The smallest absolute Gasteiger partial charge is 0.244 e. The summed E-state index contributed by atoms with van der Waals surface area (Å²) < 4.78 is 5.77. The molecule has 0 atom stereocenters. The van der Waals surface area contributed by atoms with Crippen molar-refractivity contribution in [2.75, 3.05) is 16.8 Å². The highest BCUT2D eigenvalue weighted by atomic mass is 16.5. The molecule has 0 aliphatic carbocycles. The molecule has 0 radical (unpaired) electrons. The molecule has 2 aromatic carbocycles. The largest absolute Gasteiger partial charge is 0.489 e. The molecule has 2 aromatic rings. The molecule has 0 unspecified atom stereocenters. The number of para-hydroxylation sites is 2. The molecule has 2 amide bonds. The predicted molar refractivity (Wildman–Crippen MR) is 100 cm³/mol. The zero-order valence-corrected chi connectivity index (χ0v) is 15.1. The Hall–Kier alpha value is -2.82. The Morgan fingerprint density at radius 3 is 2.48 bits per heavy atom. The van der Waals surface area contributed by atoms with Crippen LogP contribution in [0.25, 0.3) is 0 Å².